The Hall–Kier alpha value is -1.79. The molecule has 0 aliphatic carbocycles. The van der Waals surface area contributed by atoms with E-state index in [0.29, 0.717) is 28.5 Å². The Kier molecular flexibility index (Phi) is 3.04. The lowest BCUT2D eigenvalue weighted by molar-refractivity contribution is 0.00621. The number of likely N-dealkylation sites (tertiary alicyclic amines) is 1. The fourth-order valence-electron chi connectivity index (χ4n) is 1.91. The van der Waals surface area contributed by atoms with Crippen molar-refractivity contribution in [3.8, 4) is 10.6 Å². The van der Waals surface area contributed by atoms with Crippen molar-refractivity contribution < 1.29 is 14.3 Å². The van der Waals surface area contributed by atoms with Crippen LogP contribution in [-0.4, -0.2) is 40.1 Å². The summed E-state index contributed by atoms with van der Waals surface area (Å²) in [5, 5.41) is 9.67. The molecule has 0 unspecified atom stereocenters. The van der Waals surface area contributed by atoms with E-state index in [1.54, 1.807) is 23.1 Å². The minimum Gasteiger partial charge on any atom is -0.389 e. The van der Waals surface area contributed by atoms with Gasteiger partial charge in [-0.3, -0.25) is 4.79 Å². The molecule has 2 aromatic rings. The quantitative estimate of drug-likeness (QED) is 0.911. The van der Waals surface area contributed by atoms with E-state index in [1.165, 1.54) is 12.3 Å². The van der Waals surface area contributed by atoms with Gasteiger partial charge in [0.2, 0.25) is 0 Å². The maximum atomic E-state index is 13.6. The molecular formula is C13H11FN2O2S. The summed E-state index contributed by atoms with van der Waals surface area (Å²) < 4.78 is 13.6. The van der Waals surface area contributed by atoms with Gasteiger partial charge in [0.15, 0.2) is 0 Å². The lowest BCUT2D eigenvalue weighted by atomic mass is 10.1. The standard InChI is InChI=1S/C13H11FN2O2S/c14-10-4-2-1-3-9(10)12-15-5-11(19-12)13(18)16-6-8(17)7-16/h1-5,8,17H,6-7H2. The number of aromatic nitrogens is 1. The average Bonchev–Trinajstić information content (AvgIpc) is 2.84. The molecule has 1 aromatic heterocycles. The van der Waals surface area contributed by atoms with Crippen molar-refractivity contribution in [2.24, 2.45) is 0 Å². The van der Waals surface area contributed by atoms with Gasteiger partial charge in [0.25, 0.3) is 5.91 Å². The van der Waals surface area contributed by atoms with Gasteiger partial charge >= 0.3 is 0 Å². The van der Waals surface area contributed by atoms with Gasteiger partial charge in [-0.2, -0.15) is 0 Å². The van der Waals surface area contributed by atoms with Crippen LogP contribution >= 0.6 is 11.3 Å². The third-order valence-corrected chi connectivity index (χ3v) is 3.99. The van der Waals surface area contributed by atoms with Crippen LogP contribution in [0.2, 0.25) is 0 Å². The Morgan fingerprint density at radius 2 is 2.16 bits per heavy atom. The van der Waals surface area contributed by atoms with E-state index in [9.17, 15) is 14.3 Å². The van der Waals surface area contributed by atoms with Gasteiger partial charge in [-0.05, 0) is 12.1 Å². The smallest absolute Gasteiger partial charge is 0.265 e. The second-order valence-electron chi connectivity index (χ2n) is 4.37. The first-order valence-electron chi connectivity index (χ1n) is 5.83. The third kappa shape index (κ3) is 2.24. The summed E-state index contributed by atoms with van der Waals surface area (Å²) in [5.41, 5.74) is 0.398. The number of carbonyl (C=O) groups is 1. The van der Waals surface area contributed by atoms with Crippen LogP contribution in [0.15, 0.2) is 30.5 Å². The Bertz CT molecular complexity index is 623. The number of rotatable bonds is 2. The van der Waals surface area contributed by atoms with Crippen molar-refractivity contribution in [1.82, 2.24) is 9.88 Å². The molecule has 1 aromatic carbocycles. The Labute approximate surface area is 113 Å². The Balaban J connectivity index is 1.84. The first kappa shape index (κ1) is 12.3. The Morgan fingerprint density at radius 1 is 1.42 bits per heavy atom. The lowest BCUT2D eigenvalue weighted by Gasteiger charge is -2.35. The zero-order valence-corrected chi connectivity index (χ0v) is 10.7. The van der Waals surface area contributed by atoms with Crippen molar-refractivity contribution >= 4 is 17.2 Å². The van der Waals surface area contributed by atoms with Crippen molar-refractivity contribution in [1.29, 1.82) is 0 Å². The first-order valence-corrected chi connectivity index (χ1v) is 6.65. The number of aliphatic hydroxyl groups is 1. The number of amides is 1. The summed E-state index contributed by atoms with van der Waals surface area (Å²) in [5.74, 6) is -0.513. The largest absolute Gasteiger partial charge is 0.389 e. The SMILES string of the molecule is O=C(c1cnc(-c2ccccc2F)s1)N1CC(O)C1. The van der Waals surface area contributed by atoms with E-state index in [-0.39, 0.29) is 11.7 Å². The lowest BCUT2D eigenvalue weighted by Crippen LogP contribution is -2.53. The van der Waals surface area contributed by atoms with Crippen LogP contribution in [0.4, 0.5) is 4.39 Å². The van der Waals surface area contributed by atoms with Gasteiger partial charge < -0.3 is 10.0 Å². The maximum Gasteiger partial charge on any atom is 0.265 e. The predicted octanol–water partition coefficient (Wildman–Crippen LogP) is 1.77. The number of halogens is 1. The van der Waals surface area contributed by atoms with Gasteiger partial charge in [0.1, 0.15) is 15.7 Å². The maximum absolute atomic E-state index is 13.6. The predicted molar refractivity (Wildman–Crippen MR) is 69.4 cm³/mol. The van der Waals surface area contributed by atoms with Crippen LogP contribution in [0, 0.1) is 5.82 Å². The van der Waals surface area contributed by atoms with Gasteiger partial charge in [-0.1, -0.05) is 12.1 Å². The van der Waals surface area contributed by atoms with Crippen molar-refractivity contribution in [3.05, 3.63) is 41.2 Å². The fourth-order valence-corrected chi connectivity index (χ4v) is 2.82. The number of aliphatic hydroxyl groups excluding tert-OH is 1. The number of benzene rings is 1. The normalized spacial score (nSPS) is 15.4. The summed E-state index contributed by atoms with van der Waals surface area (Å²) in [6, 6.07) is 6.34. The van der Waals surface area contributed by atoms with Gasteiger partial charge in [-0.15, -0.1) is 11.3 Å². The summed E-state index contributed by atoms with van der Waals surface area (Å²) in [6.07, 6.45) is 1.03. The zero-order valence-electron chi connectivity index (χ0n) is 9.91. The van der Waals surface area contributed by atoms with Gasteiger partial charge in [0, 0.05) is 18.7 Å². The van der Waals surface area contributed by atoms with Gasteiger partial charge in [-0.25, -0.2) is 9.37 Å². The molecule has 2 heterocycles. The molecule has 0 atom stereocenters. The van der Waals surface area contributed by atoms with E-state index < -0.39 is 6.10 Å². The molecule has 1 aliphatic rings. The van der Waals surface area contributed by atoms with Crippen molar-refractivity contribution in [3.63, 3.8) is 0 Å². The number of hydrogen-bond acceptors (Lipinski definition) is 4. The van der Waals surface area contributed by atoms with E-state index in [1.807, 2.05) is 0 Å². The molecule has 1 fully saturated rings. The fraction of sp³-hybridized carbons (Fsp3) is 0.231. The molecule has 0 bridgehead atoms. The molecule has 1 N–H and O–H groups in total. The summed E-state index contributed by atoms with van der Waals surface area (Å²) in [7, 11) is 0. The molecule has 0 saturated carbocycles. The highest BCUT2D eigenvalue weighted by Gasteiger charge is 2.30. The monoisotopic (exact) mass is 278 g/mol. The number of nitrogens with zero attached hydrogens (tertiary/aromatic N) is 2. The highest BCUT2D eigenvalue weighted by atomic mass is 32.1. The molecule has 3 rings (SSSR count). The molecule has 1 aliphatic heterocycles. The van der Waals surface area contributed by atoms with E-state index in [0.717, 1.165) is 11.3 Å². The molecule has 6 heteroatoms. The second kappa shape index (κ2) is 4.71. The minimum absolute atomic E-state index is 0.162. The van der Waals surface area contributed by atoms with Crippen molar-refractivity contribution in [2.45, 2.75) is 6.10 Å². The highest BCUT2D eigenvalue weighted by Crippen LogP contribution is 2.28. The summed E-state index contributed by atoms with van der Waals surface area (Å²) in [6.45, 7) is 0.706. The van der Waals surface area contributed by atoms with E-state index in [4.69, 9.17) is 0 Å². The molecule has 1 amide bonds. The average molecular weight is 278 g/mol. The number of carbonyl (C=O) groups excluding carboxylic acids is 1. The minimum atomic E-state index is -0.428. The topological polar surface area (TPSA) is 53.4 Å². The molecule has 0 spiro atoms. The van der Waals surface area contributed by atoms with E-state index >= 15 is 0 Å². The second-order valence-corrected chi connectivity index (χ2v) is 5.40. The molecule has 0 radical (unpaired) electrons. The number of thiazole rings is 1. The van der Waals surface area contributed by atoms with Gasteiger partial charge in [0.05, 0.1) is 12.3 Å². The zero-order chi connectivity index (χ0) is 13.4. The first-order chi connectivity index (χ1) is 9.15. The molecule has 1 saturated heterocycles. The van der Waals surface area contributed by atoms with Crippen LogP contribution in [0.5, 0.6) is 0 Å². The number of hydrogen-bond donors (Lipinski definition) is 1. The summed E-state index contributed by atoms with van der Waals surface area (Å²) >= 11 is 1.16. The number of β-amino-alcohol motifs (C(OH)–C–C–N with tert-alkyl or cyclic N) is 1. The summed E-state index contributed by atoms with van der Waals surface area (Å²) in [4.78, 5) is 18.1. The molecule has 4 nitrogen and oxygen atoms in total. The van der Waals surface area contributed by atoms with Crippen LogP contribution in [-0.2, 0) is 0 Å². The van der Waals surface area contributed by atoms with Crippen LogP contribution in [0.3, 0.4) is 0 Å². The third-order valence-electron chi connectivity index (χ3n) is 2.97. The molecular weight excluding hydrogens is 267 g/mol. The van der Waals surface area contributed by atoms with Crippen molar-refractivity contribution in [2.75, 3.05) is 13.1 Å². The Morgan fingerprint density at radius 3 is 2.84 bits per heavy atom. The van der Waals surface area contributed by atoms with Crippen LogP contribution in [0.1, 0.15) is 9.67 Å². The van der Waals surface area contributed by atoms with E-state index in [2.05, 4.69) is 4.98 Å². The highest BCUT2D eigenvalue weighted by molar-refractivity contribution is 7.16. The van der Waals surface area contributed by atoms with Crippen LogP contribution < -0.4 is 0 Å². The molecule has 19 heavy (non-hydrogen) atoms. The molecule has 98 valence electrons. The van der Waals surface area contributed by atoms with Crippen LogP contribution in [0.25, 0.3) is 10.6 Å².